The molecule has 0 spiro atoms. The first-order valence-electron chi connectivity index (χ1n) is 20.3. The van der Waals surface area contributed by atoms with Gasteiger partial charge in [-0.25, -0.2) is 0 Å². The summed E-state index contributed by atoms with van der Waals surface area (Å²) in [6.45, 7) is 2.15. The number of rotatable bonds is 7. The van der Waals surface area contributed by atoms with Gasteiger partial charge in [0.2, 0.25) is 0 Å². The Balaban J connectivity index is 0.00000458. The van der Waals surface area contributed by atoms with Crippen LogP contribution in [-0.2, 0) is 20.1 Å². The summed E-state index contributed by atoms with van der Waals surface area (Å²) in [5.74, 6) is -0.318. The van der Waals surface area contributed by atoms with Gasteiger partial charge in [0, 0.05) is 54.7 Å². The van der Waals surface area contributed by atoms with Gasteiger partial charge in [0.1, 0.15) is 11.2 Å². The van der Waals surface area contributed by atoms with Crippen LogP contribution in [0.1, 0.15) is 5.56 Å². The van der Waals surface area contributed by atoms with Crippen molar-refractivity contribution >= 4 is 32.7 Å². The van der Waals surface area contributed by atoms with Crippen LogP contribution in [0, 0.1) is 24.9 Å². The summed E-state index contributed by atoms with van der Waals surface area (Å²) in [5.41, 5.74) is 16.8. The number of aromatic nitrogens is 2. The molecular formula is C57H35FIrN2O-2. The first kappa shape index (κ1) is 38.9. The van der Waals surface area contributed by atoms with Crippen molar-refractivity contribution in [3.05, 3.63) is 218 Å². The molecule has 8 aromatic carbocycles. The van der Waals surface area contributed by atoms with Gasteiger partial charge >= 0.3 is 0 Å². The van der Waals surface area contributed by atoms with Gasteiger partial charge in [0.05, 0.1) is 0 Å². The van der Waals surface area contributed by atoms with Crippen LogP contribution < -0.4 is 0 Å². The Kier molecular flexibility index (Phi) is 10.2. The number of nitrogens with zero attached hydrogens (tertiary/aromatic N) is 2. The average Bonchev–Trinajstić information content (AvgIpc) is 3.70. The molecule has 0 aliphatic heterocycles. The van der Waals surface area contributed by atoms with Gasteiger partial charge in [-0.15, -0.1) is 65.7 Å². The third-order valence-electron chi connectivity index (χ3n) is 11.5. The van der Waals surface area contributed by atoms with Gasteiger partial charge in [0.15, 0.2) is 0 Å². The minimum Gasteiger partial charge on any atom is -0.456 e. The number of hydrogen-bond donors (Lipinski definition) is 0. The second-order valence-electron chi connectivity index (χ2n) is 15.4. The molecule has 3 nitrogen and oxygen atoms in total. The summed E-state index contributed by atoms with van der Waals surface area (Å²) < 4.78 is 20.2. The minimum absolute atomic E-state index is 0. The van der Waals surface area contributed by atoms with E-state index in [1.165, 1.54) is 22.9 Å². The van der Waals surface area contributed by atoms with Crippen LogP contribution in [0.5, 0.6) is 0 Å². The quantitative estimate of drug-likeness (QED) is 0.149. The van der Waals surface area contributed by atoms with E-state index in [1.807, 2.05) is 42.7 Å². The predicted molar refractivity (Wildman–Crippen MR) is 247 cm³/mol. The van der Waals surface area contributed by atoms with Gasteiger partial charge in [-0.3, -0.25) is 4.39 Å². The molecule has 0 atom stereocenters. The second-order valence-corrected chi connectivity index (χ2v) is 15.4. The molecule has 0 N–H and O–H groups in total. The van der Waals surface area contributed by atoms with Crippen molar-refractivity contribution in [2.24, 2.45) is 0 Å². The number of aryl methyl sites for hydroxylation is 1. The van der Waals surface area contributed by atoms with E-state index in [4.69, 9.17) is 14.4 Å². The van der Waals surface area contributed by atoms with E-state index >= 15 is 0 Å². The van der Waals surface area contributed by atoms with Crippen molar-refractivity contribution in [2.45, 2.75) is 6.92 Å². The number of hydrogen-bond acceptors (Lipinski definition) is 3. The monoisotopic (exact) mass is 975 g/mol. The van der Waals surface area contributed by atoms with Crippen molar-refractivity contribution in [1.82, 2.24) is 9.97 Å². The minimum atomic E-state index is -0.318. The molecule has 0 unspecified atom stereocenters. The standard InChI is InChI=1S/C57H35FN2O.Ir/c1-36-29-42(46-15-8-7-14-45(46)41-22-27-53(59-34-41)39-19-24-44(58)25-20-39)31-43(30-36)47-16-9-10-18-49(47)52-35-60-54(38-12-3-2-4-13-38)33-51(52)40-21-26-50-56(32-40)61-55-28-23-37-11-5-6-17-48(37)57(50)55;/h2-12,14-19,21-35H,1H3;/q-2;. The van der Waals surface area contributed by atoms with Gasteiger partial charge in [-0.2, -0.15) is 0 Å². The first-order valence-corrected chi connectivity index (χ1v) is 20.3. The molecule has 0 saturated heterocycles. The van der Waals surface area contributed by atoms with E-state index < -0.39 is 0 Å². The molecule has 11 aromatic rings. The SMILES string of the molecule is Cc1cc(-c2ccccc2-c2ccc(-c3[c-]cc(F)cc3)nc2)cc(-c2ccccc2-c2cnc(-c3[c-]cccc3)cc2-c2ccc3c(c2)oc2ccc4ccccc4c23)c1.[Ir]. The Morgan fingerprint density at radius 2 is 1.16 bits per heavy atom. The summed E-state index contributed by atoms with van der Waals surface area (Å²) in [5, 5.41) is 4.60. The van der Waals surface area contributed by atoms with Crippen LogP contribution in [0.2, 0.25) is 0 Å². The van der Waals surface area contributed by atoms with Gasteiger partial charge in [-0.05, 0) is 109 Å². The van der Waals surface area contributed by atoms with Gasteiger partial charge in [-0.1, -0.05) is 115 Å². The van der Waals surface area contributed by atoms with Crippen molar-refractivity contribution in [1.29, 1.82) is 0 Å². The van der Waals surface area contributed by atoms with E-state index in [1.54, 1.807) is 6.07 Å². The summed E-state index contributed by atoms with van der Waals surface area (Å²) in [6.07, 6.45) is 3.89. The van der Waals surface area contributed by atoms with Crippen molar-refractivity contribution in [2.75, 3.05) is 0 Å². The molecule has 11 rings (SSSR count). The average molecular weight is 975 g/mol. The zero-order chi connectivity index (χ0) is 40.9. The van der Waals surface area contributed by atoms with E-state index in [9.17, 15) is 4.39 Å². The van der Waals surface area contributed by atoms with Crippen LogP contribution in [0.3, 0.4) is 0 Å². The molecule has 5 heteroatoms. The maximum Gasteiger partial charge on any atom is 0.136 e. The fourth-order valence-corrected chi connectivity index (χ4v) is 8.65. The van der Waals surface area contributed by atoms with E-state index in [0.29, 0.717) is 0 Å². The number of furan rings is 1. The van der Waals surface area contributed by atoms with Crippen LogP contribution in [0.25, 0.3) is 111 Å². The fourth-order valence-electron chi connectivity index (χ4n) is 8.65. The summed E-state index contributed by atoms with van der Waals surface area (Å²) >= 11 is 0. The molecule has 0 saturated carbocycles. The predicted octanol–water partition coefficient (Wildman–Crippen LogP) is 15.2. The van der Waals surface area contributed by atoms with Gasteiger partial charge in [0.25, 0.3) is 0 Å². The third kappa shape index (κ3) is 7.12. The van der Waals surface area contributed by atoms with E-state index in [2.05, 4.69) is 153 Å². The normalized spacial score (nSPS) is 11.3. The van der Waals surface area contributed by atoms with Crippen LogP contribution in [-0.4, -0.2) is 9.97 Å². The maximum atomic E-state index is 13.6. The molecule has 0 bridgehead atoms. The summed E-state index contributed by atoms with van der Waals surface area (Å²) in [4.78, 5) is 9.80. The molecule has 0 aliphatic rings. The second kappa shape index (κ2) is 16.3. The summed E-state index contributed by atoms with van der Waals surface area (Å²) in [7, 11) is 0. The molecule has 0 aliphatic carbocycles. The van der Waals surface area contributed by atoms with Crippen LogP contribution in [0.15, 0.2) is 199 Å². The molecular weight excluding hydrogens is 940 g/mol. The number of pyridine rings is 2. The Hall–Kier alpha value is -7.30. The maximum absolute atomic E-state index is 13.6. The molecule has 297 valence electrons. The Labute approximate surface area is 372 Å². The Morgan fingerprint density at radius 1 is 0.468 bits per heavy atom. The number of benzene rings is 8. The fraction of sp³-hybridized carbons (Fsp3) is 0.0175. The molecule has 3 heterocycles. The van der Waals surface area contributed by atoms with Crippen molar-refractivity contribution in [3.63, 3.8) is 0 Å². The topological polar surface area (TPSA) is 38.9 Å². The first-order chi connectivity index (χ1) is 30.0. The molecule has 0 amide bonds. The van der Waals surface area contributed by atoms with Crippen LogP contribution >= 0.6 is 0 Å². The number of halogens is 1. The van der Waals surface area contributed by atoms with Crippen LogP contribution in [0.4, 0.5) is 4.39 Å². The Bertz CT molecular complexity index is 3430. The largest absolute Gasteiger partial charge is 0.456 e. The number of fused-ring (bicyclic) bond motifs is 5. The third-order valence-corrected chi connectivity index (χ3v) is 11.5. The Morgan fingerprint density at radius 3 is 1.90 bits per heavy atom. The van der Waals surface area contributed by atoms with Crippen molar-refractivity contribution in [3.8, 4) is 78.1 Å². The van der Waals surface area contributed by atoms with E-state index in [-0.39, 0.29) is 25.9 Å². The molecule has 1 radical (unpaired) electrons. The molecule has 0 fully saturated rings. The zero-order valence-electron chi connectivity index (χ0n) is 33.5. The summed E-state index contributed by atoms with van der Waals surface area (Å²) in [6, 6.07) is 68.1. The van der Waals surface area contributed by atoms with Crippen molar-refractivity contribution < 1.29 is 28.9 Å². The molecule has 3 aromatic heterocycles. The van der Waals surface area contributed by atoms with Gasteiger partial charge < -0.3 is 14.4 Å². The van der Waals surface area contributed by atoms with E-state index in [0.717, 1.165) is 106 Å². The zero-order valence-corrected chi connectivity index (χ0v) is 35.9. The smallest absolute Gasteiger partial charge is 0.136 e. The molecule has 62 heavy (non-hydrogen) atoms.